The summed E-state index contributed by atoms with van der Waals surface area (Å²) in [5, 5.41) is 17.9. The fourth-order valence-corrected chi connectivity index (χ4v) is 3.25. The highest BCUT2D eigenvalue weighted by atomic mass is 16.2. The van der Waals surface area contributed by atoms with Gasteiger partial charge in [0.05, 0.1) is 13.1 Å². The Hall–Kier alpha value is -3.55. The first-order chi connectivity index (χ1) is 14.4. The zero-order valence-electron chi connectivity index (χ0n) is 17.5. The summed E-state index contributed by atoms with van der Waals surface area (Å²) in [6, 6.07) is 13.6. The molecule has 0 spiro atoms. The highest BCUT2D eigenvalue weighted by Crippen LogP contribution is 2.21. The minimum atomic E-state index is -0.246. The molecule has 8 nitrogen and oxygen atoms in total. The van der Waals surface area contributed by atoms with E-state index < -0.39 is 0 Å². The third-order valence-corrected chi connectivity index (χ3v) is 4.63. The van der Waals surface area contributed by atoms with Crippen LogP contribution in [-0.2, 0) is 16.1 Å². The Morgan fingerprint density at radius 3 is 2.40 bits per heavy atom. The summed E-state index contributed by atoms with van der Waals surface area (Å²) in [5.41, 5.74) is 4.84. The molecule has 156 valence electrons. The average molecular weight is 406 g/mol. The third kappa shape index (κ3) is 5.73. The second kappa shape index (κ2) is 9.78. The van der Waals surface area contributed by atoms with E-state index in [0.29, 0.717) is 18.8 Å². The van der Waals surface area contributed by atoms with Gasteiger partial charge in [0.25, 0.3) is 0 Å². The number of rotatable bonds is 8. The van der Waals surface area contributed by atoms with E-state index in [-0.39, 0.29) is 24.8 Å². The van der Waals surface area contributed by atoms with Gasteiger partial charge < -0.3 is 10.6 Å². The van der Waals surface area contributed by atoms with Crippen molar-refractivity contribution in [3.63, 3.8) is 0 Å². The molecule has 2 aromatic carbocycles. The average Bonchev–Trinajstić information content (AvgIpc) is 3.19. The number of tetrazole rings is 1. The van der Waals surface area contributed by atoms with Gasteiger partial charge in [-0.2, -0.15) is 4.80 Å². The van der Waals surface area contributed by atoms with Crippen molar-refractivity contribution in [3.05, 3.63) is 59.2 Å². The number of nitrogens with zero attached hydrogens (tertiary/aromatic N) is 4. The summed E-state index contributed by atoms with van der Waals surface area (Å²) in [6.07, 6.45) is 0.826. The molecule has 0 aliphatic carbocycles. The van der Waals surface area contributed by atoms with Gasteiger partial charge >= 0.3 is 0 Å². The number of aromatic nitrogens is 4. The van der Waals surface area contributed by atoms with Gasteiger partial charge in [-0.25, -0.2) is 0 Å². The number of benzene rings is 2. The molecule has 0 bridgehead atoms. The lowest BCUT2D eigenvalue weighted by Gasteiger charge is -2.13. The summed E-state index contributed by atoms with van der Waals surface area (Å²) in [7, 11) is 0. The largest absolute Gasteiger partial charge is 0.347 e. The van der Waals surface area contributed by atoms with Gasteiger partial charge in [-0.15, -0.1) is 10.2 Å². The smallest absolute Gasteiger partial charge is 0.243 e. The second-order valence-electron chi connectivity index (χ2n) is 7.28. The van der Waals surface area contributed by atoms with Gasteiger partial charge in [0, 0.05) is 17.7 Å². The summed E-state index contributed by atoms with van der Waals surface area (Å²) < 4.78 is 0. The number of nitrogens with one attached hydrogen (secondary N) is 2. The van der Waals surface area contributed by atoms with E-state index in [4.69, 9.17) is 0 Å². The molecule has 0 aliphatic rings. The first kappa shape index (κ1) is 21.2. The quantitative estimate of drug-likeness (QED) is 0.599. The summed E-state index contributed by atoms with van der Waals surface area (Å²) >= 11 is 0. The normalized spacial score (nSPS) is 10.6. The van der Waals surface area contributed by atoms with Crippen LogP contribution in [0.5, 0.6) is 0 Å². The minimum absolute atomic E-state index is 0.0642. The molecule has 0 unspecified atom stereocenters. The molecule has 0 saturated heterocycles. The molecule has 0 aliphatic heterocycles. The fourth-order valence-electron chi connectivity index (χ4n) is 3.25. The van der Waals surface area contributed by atoms with Crippen molar-refractivity contribution in [1.82, 2.24) is 25.5 Å². The third-order valence-electron chi connectivity index (χ3n) is 4.63. The van der Waals surface area contributed by atoms with Crippen molar-refractivity contribution < 1.29 is 9.59 Å². The van der Waals surface area contributed by atoms with Gasteiger partial charge in [-0.3, -0.25) is 9.59 Å². The van der Waals surface area contributed by atoms with Crippen LogP contribution in [0.25, 0.3) is 11.4 Å². The predicted octanol–water partition coefficient (Wildman–Crippen LogP) is 2.80. The Kier molecular flexibility index (Phi) is 6.90. The van der Waals surface area contributed by atoms with Crippen LogP contribution in [0.1, 0.15) is 29.5 Å². The van der Waals surface area contributed by atoms with Crippen LogP contribution in [0.15, 0.2) is 42.5 Å². The molecule has 3 aromatic rings. The molecule has 3 rings (SSSR count). The second-order valence-corrected chi connectivity index (χ2v) is 7.28. The highest BCUT2D eigenvalue weighted by Gasteiger charge is 2.10. The number of amides is 2. The maximum absolute atomic E-state index is 12.2. The maximum Gasteiger partial charge on any atom is 0.243 e. The molecule has 0 radical (unpaired) electrons. The summed E-state index contributed by atoms with van der Waals surface area (Å²) in [5.74, 6) is 0.119. The van der Waals surface area contributed by atoms with Crippen molar-refractivity contribution in [1.29, 1.82) is 0 Å². The molecular weight excluding hydrogens is 380 g/mol. The topological polar surface area (TPSA) is 102 Å². The van der Waals surface area contributed by atoms with Crippen LogP contribution in [-0.4, -0.2) is 38.6 Å². The van der Waals surface area contributed by atoms with Crippen molar-refractivity contribution in [2.24, 2.45) is 0 Å². The van der Waals surface area contributed by atoms with Gasteiger partial charge in [-0.05, 0) is 43.5 Å². The Bertz CT molecular complexity index is 1010. The van der Waals surface area contributed by atoms with Crippen LogP contribution < -0.4 is 10.6 Å². The van der Waals surface area contributed by atoms with E-state index in [1.165, 1.54) is 4.80 Å². The van der Waals surface area contributed by atoms with E-state index in [2.05, 4.69) is 26.0 Å². The number of aryl methyl sites for hydroxylation is 4. The van der Waals surface area contributed by atoms with Gasteiger partial charge in [0.1, 0.15) is 0 Å². The molecule has 2 amide bonds. The number of hydrogen-bond donors (Lipinski definition) is 2. The Balaban J connectivity index is 1.40. The lowest BCUT2D eigenvalue weighted by Crippen LogP contribution is -2.33. The van der Waals surface area contributed by atoms with E-state index >= 15 is 0 Å². The molecule has 1 aromatic heterocycles. The molecule has 1 heterocycles. The number of anilines is 1. The van der Waals surface area contributed by atoms with Gasteiger partial charge in [0.2, 0.25) is 17.6 Å². The van der Waals surface area contributed by atoms with Gasteiger partial charge in [-0.1, -0.05) is 48.0 Å². The SMILES string of the molecule is Cc1cc(C)c(NC(=O)CNC(=O)CCCn2nnc(-c3ccccc3)n2)c(C)c1. The first-order valence-corrected chi connectivity index (χ1v) is 9.90. The van der Waals surface area contributed by atoms with Crippen LogP contribution >= 0.6 is 0 Å². The summed E-state index contributed by atoms with van der Waals surface area (Å²) in [4.78, 5) is 25.7. The molecule has 8 heteroatoms. The Morgan fingerprint density at radius 2 is 1.70 bits per heavy atom. The molecule has 30 heavy (non-hydrogen) atoms. The van der Waals surface area contributed by atoms with Crippen molar-refractivity contribution in [3.8, 4) is 11.4 Å². The number of carbonyl (C=O) groups is 2. The number of hydrogen-bond acceptors (Lipinski definition) is 5. The molecule has 2 N–H and O–H groups in total. The fraction of sp³-hybridized carbons (Fsp3) is 0.318. The lowest BCUT2D eigenvalue weighted by molar-refractivity contribution is -0.124. The van der Waals surface area contributed by atoms with Crippen LogP contribution in [0.3, 0.4) is 0 Å². The van der Waals surface area contributed by atoms with Crippen molar-refractivity contribution >= 4 is 17.5 Å². The molecule has 0 fully saturated rings. The zero-order chi connectivity index (χ0) is 21.5. The van der Waals surface area contributed by atoms with Crippen molar-refractivity contribution in [2.45, 2.75) is 40.2 Å². The van der Waals surface area contributed by atoms with E-state index in [1.807, 2.05) is 63.2 Å². The standard InChI is InChI=1S/C22H26N6O2/c1-15-12-16(2)21(17(3)13-15)24-20(30)14-23-19(29)10-7-11-28-26-22(25-27-28)18-8-5-4-6-9-18/h4-6,8-9,12-13H,7,10-11,14H2,1-3H3,(H,23,29)(H,24,30). The highest BCUT2D eigenvalue weighted by molar-refractivity contribution is 5.95. The zero-order valence-corrected chi connectivity index (χ0v) is 17.5. The van der Waals surface area contributed by atoms with Crippen molar-refractivity contribution in [2.75, 3.05) is 11.9 Å². The van der Waals surface area contributed by atoms with E-state index in [0.717, 1.165) is 27.9 Å². The van der Waals surface area contributed by atoms with Crippen LogP contribution in [0.2, 0.25) is 0 Å². The number of carbonyl (C=O) groups excluding carboxylic acids is 2. The lowest BCUT2D eigenvalue weighted by atomic mass is 10.1. The van der Waals surface area contributed by atoms with Crippen LogP contribution in [0.4, 0.5) is 5.69 Å². The van der Waals surface area contributed by atoms with Gasteiger partial charge in [0.15, 0.2) is 0 Å². The Labute approximate surface area is 175 Å². The molecular formula is C22H26N6O2. The first-order valence-electron chi connectivity index (χ1n) is 9.90. The van der Waals surface area contributed by atoms with E-state index in [9.17, 15) is 9.59 Å². The van der Waals surface area contributed by atoms with E-state index in [1.54, 1.807) is 0 Å². The predicted molar refractivity (Wildman–Crippen MR) is 115 cm³/mol. The monoisotopic (exact) mass is 406 g/mol. The minimum Gasteiger partial charge on any atom is -0.347 e. The molecule has 0 atom stereocenters. The maximum atomic E-state index is 12.2. The Morgan fingerprint density at radius 1 is 1.00 bits per heavy atom. The van der Waals surface area contributed by atoms with Crippen LogP contribution in [0, 0.1) is 20.8 Å². The summed E-state index contributed by atoms with van der Waals surface area (Å²) in [6.45, 7) is 6.33. The molecule has 0 saturated carbocycles.